The smallest absolute Gasteiger partial charge is 0.164 e. The Bertz CT molecular complexity index is 354. The third-order valence-electron chi connectivity index (χ3n) is 6.34. The molecule has 0 saturated heterocycles. The molecule has 3 aliphatic carbocycles. The summed E-state index contributed by atoms with van der Waals surface area (Å²) < 4.78 is 6.02. The Morgan fingerprint density at radius 2 is 1.90 bits per heavy atom. The highest BCUT2D eigenvalue weighted by Crippen LogP contribution is 2.50. The van der Waals surface area contributed by atoms with Crippen LogP contribution in [0.3, 0.4) is 0 Å². The van der Waals surface area contributed by atoms with Gasteiger partial charge < -0.3 is 4.74 Å². The largest absolute Gasteiger partial charge is 0.368 e. The van der Waals surface area contributed by atoms with Crippen molar-refractivity contribution >= 4 is 5.78 Å². The van der Waals surface area contributed by atoms with E-state index in [2.05, 4.69) is 6.92 Å². The van der Waals surface area contributed by atoms with Crippen LogP contribution in [0.5, 0.6) is 0 Å². The van der Waals surface area contributed by atoms with E-state index >= 15 is 0 Å². The van der Waals surface area contributed by atoms with Gasteiger partial charge in [-0.25, -0.2) is 0 Å². The molecule has 114 valence electrons. The van der Waals surface area contributed by atoms with Gasteiger partial charge in [-0.15, -0.1) is 0 Å². The summed E-state index contributed by atoms with van der Waals surface area (Å²) >= 11 is 0. The average Bonchev–Trinajstić information content (AvgIpc) is 3.04. The van der Waals surface area contributed by atoms with Crippen molar-refractivity contribution < 1.29 is 9.53 Å². The number of hydrogen-bond donors (Lipinski definition) is 0. The minimum absolute atomic E-state index is 0.414. The summed E-state index contributed by atoms with van der Waals surface area (Å²) in [7, 11) is 0. The summed E-state index contributed by atoms with van der Waals surface area (Å²) in [5, 5.41) is 0. The fourth-order valence-corrected chi connectivity index (χ4v) is 5.06. The second kappa shape index (κ2) is 5.79. The average molecular weight is 278 g/mol. The minimum atomic E-state index is -0.414. The molecule has 3 rings (SSSR count). The summed E-state index contributed by atoms with van der Waals surface area (Å²) in [4.78, 5) is 12.9. The second-order valence-corrected chi connectivity index (χ2v) is 7.67. The molecular weight excluding hydrogens is 248 g/mol. The van der Waals surface area contributed by atoms with E-state index in [-0.39, 0.29) is 0 Å². The van der Waals surface area contributed by atoms with Crippen molar-refractivity contribution in [2.24, 2.45) is 23.7 Å². The highest BCUT2D eigenvalue weighted by molar-refractivity contribution is 5.87. The van der Waals surface area contributed by atoms with Gasteiger partial charge in [0.2, 0.25) is 0 Å². The molecule has 0 spiro atoms. The molecular formula is C18H30O2. The lowest BCUT2D eigenvalue weighted by Gasteiger charge is -2.39. The number of carbonyl (C=O) groups is 1. The van der Waals surface area contributed by atoms with Crippen LogP contribution in [0, 0.1) is 23.7 Å². The van der Waals surface area contributed by atoms with Gasteiger partial charge in [-0.2, -0.15) is 0 Å². The molecule has 3 fully saturated rings. The number of fused-ring (bicyclic) bond motifs is 2. The fourth-order valence-electron chi connectivity index (χ4n) is 5.06. The summed E-state index contributed by atoms with van der Waals surface area (Å²) in [6.45, 7) is 5.01. The maximum Gasteiger partial charge on any atom is 0.164 e. The van der Waals surface area contributed by atoms with E-state index in [1.54, 1.807) is 0 Å². The number of Topliss-reactive ketones (excluding diaryl/α,β-unsaturated/α-hetero) is 1. The van der Waals surface area contributed by atoms with Crippen molar-refractivity contribution in [3.05, 3.63) is 0 Å². The Hall–Kier alpha value is -0.370. The zero-order valence-corrected chi connectivity index (χ0v) is 13.2. The molecule has 0 N–H and O–H groups in total. The molecule has 0 aromatic carbocycles. The summed E-state index contributed by atoms with van der Waals surface area (Å²) in [6.07, 6.45) is 10.5. The van der Waals surface area contributed by atoms with Crippen LogP contribution in [0.4, 0.5) is 0 Å². The quantitative estimate of drug-likeness (QED) is 0.746. The maximum absolute atomic E-state index is 12.9. The van der Waals surface area contributed by atoms with Crippen LogP contribution in [0.2, 0.25) is 0 Å². The zero-order valence-electron chi connectivity index (χ0n) is 13.2. The maximum atomic E-state index is 12.9. The van der Waals surface area contributed by atoms with Gasteiger partial charge >= 0.3 is 0 Å². The molecule has 3 atom stereocenters. The second-order valence-electron chi connectivity index (χ2n) is 7.67. The van der Waals surface area contributed by atoms with Crippen molar-refractivity contribution in [3.63, 3.8) is 0 Å². The highest BCUT2D eigenvalue weighted by Gasteiger charge is 2.46. The Balaban J connectivity index is 1.63. The molecule has 2 heteroatoms. The molecule has 0 heterocycles. The van der Waals surface area contributed by atoms with Crippen LogP contribution in [-0.2, 0) is 9.53 Å². The summed E-state index contributed by atoms with van der Waals surface area (Å²) in [6, 6.07) is 0. The van der Waals surface area contributed by atoms with E-state index in [0.717, 1.165) is 49.9 Å². The molecule has 2 nitrogen and oxygen atoms in total. The van der Waals surface area contributed by atoms with Crippen molar-refractivity contribution in [1.82, 2.24) is 0 Å². The van der Waals surface area contributed by atoms with Gasteiger partial charge in [-0.1, -0.05) is 13.3 Å². The van der Waals surface area contributed by atoms with Gasteiger partial charge in [0.05, 0.1) is 0 Å². The molecule has 0 amide bonds. The lowest BCUT2D eigenvalue weighted by molar-refractivity contribution is -0.151. The topological polar surface area (TPSA) is 26.3 Å². The van der Waals surface area contributed by atoms with Crippen LogP contribution >= 0.6 is 0 Å². The SMILES string of the molecule is CCOC1(C(=O)CC2CC3CCC2C3)CCC(C)CC1. The Morgan fingerprint density at radius 3 is 2.45 bits per heavy atom. The predicted molar refractivity (Wildman–Crippen MR) is 80.6 cm³/mol. The minimum Gasteiger partial charge on any atom is -0.368 e. The number of rotatable bonds is 5. The first kappa shape index (κ1) is 14.6. The third kappa shape index (κ3) is 2.68. The standard InChI is InChI=1S/C18H30O2/c1-3-20-18(8-6-13(2)7-9-18)17(19)12-16-11-14-4-5-15(16)10-14/h13-16H,3-12H2,1-2H3. The summed E-state index contributed by atoms with van der Waals surface area (Å²) in [5.74, 6) is 3.66. The van der Waals surface area contributed by atoms with Crippen molar-refractivity contribution in [2.75, 3.05) is 6.61 Å². The van der Waals surface area contributed by atoms with E-state index in [9.17, 15) is 4.79 Å². The van der Waals surface area contributed by atoms with Gasteiger partial charge in [0.25, 0.3) is 0 Å². The molecule has 2 bridgehead atoms. The molecule has 3 aliphatic rings. The van der Waals surface area contributed by atoms with E-state index in [4.69, 9.17) is 4.74 Å². The Kier molecular flexibility index (Phi) is 4.21. The molecule has 0 aromatic rings. The number of carbonyl (C=O) groups excluding carboxylic acids is 1. The summed E-state index contributed by atoms with van der Waals surface area (Å²) in [5.41, 5.74) is -0.414. The number of hydrogen-bond acceptors (Lipinski definition) is 2. The monoisotopic (exact) mass is 278 g/mol. The Labute approximate surface area is 123 Å². The lowest BCUT2D eigenvalue weighted by Crippen LogP contribution is -2.45. The van der Waals surface area contributed by atoms with E-state index in [0.29, 0.717) is 18.3 Å². The molecule has 0 radical (unpaired) electrons. The van der Waals surface area contributed by atoms with E-state index < -0.39 is 5.60 Å². The van der Waals surface area contributed by atoms with Crippen LogP contribution in [0.15, 0.2) is 0 Å². The van der Waals surface area contributed by atoms with Crippen LogP contribution in [0.1, 0.15) is 71.6 Å². The van der Waals surface area contributed by atoms with E-state index in [1.807, 2.05) is 6.92 Å². The normalized spacial score (nSPS) is 43.9. The third-order valence-corrected chi connectivity index (χ3v) is 6.34. The lowest BCUT2D eigenvalue weighted by atomic mass is 9.73. The molecule has 20 heavy (non-hydrogen) atoms. The first-order chi connectivity index (χ1) is 9.63. The molecule has 3 unspecified atom stereocenters. The van der Waals surface area contributed by atoms with Gasteiger partial charge in [0.15, 0.2) is 5.78 Å². The first-order valence-electron chi connectivity index (χ1n) is 8.80. The fraction of sp³-hybridized carbons (Fsp3) is 0.944. The van der Waals surface area contributed by atoms with Crippen molar-refractivity contribution in [3.8, 4) is 0 Å². The number of ether oxygens (including phenoxy) is 1. The van der Waals surface area contributed by atoms with Crippen molar-refractivity contribution in [1.29, 1.82) is 0 Å². The molecule has 3 saturated carbocycles. The molecule has 0 aromatic heterocycles. The zero-order chi connectivity index (χ0) is 14.2. The highest BCUT2D eigenvalue weighted by atomic mass is 16.5. The predicted octanol–water partition coefficient (Wildman–Crippen LogP) is 4.37. The van der Waals surface area contributed by atoms with Gasteiger partial charge in [-0.05, 0) is 75.5 Å². The van der Waals surface area contributed by atoms with Gasteiger partial charge in [0.1, 0.15) is 5.60 Å². The Morgan fingerprint density at radius 1 is 1.15 bits per heavy atom. The first-order valence-corrected chi connectivity index (χ1v) is 8.80. The van der Waals surface area contributed by atoms with Crippen molar-refractivity contribution in [2.45, 2.75) is 77.2 Å². The van der Waals surface area contributed by atoms with Crippen LogP contribution in [-0.4, -0.2) is 18.0 Å². The van der Waals surface area contributed by atoms with E-state index in [1.165, 1.54) is 25.7 Å². The molecule has 0 aliphatic heterocycles. The number of ketones is 1. The van der Waals surface area contributed by atoms with Gasteiger partial charge in [-0.3, -0.25) is 4.79 Å². The van der Waals surface area contributed by atoms with Gasteiger partial charge in [0, 0.05) is 13.0 Å². The van der Waals surface area contributed by atoms with Crippen LogP contribution < -0.4 is 0 Å². The van der Waals surface area contributed by atoms with Crippen LogP contribution in [0.25, 0.3) is 0 Å².